The molecule has 0 spiro atoms. The van der Waals surface area contributed by atoms with Gasteiger partial charge in [-0.25, -0.2) is 5.53 Å². The Morgan fingerprint density at radius 2 is 2.67 bits per heavy atom. The molecule has 0 saturated heterocycles. The molecule has 1 heterocycles. The van der Waals surface area contributed by atoms with E-state index in [0.29, 0.717) is 0 Å². The van der Waals surface area contributed by atoms with Gasteiger partial charge in [0.1, 0.15) is 6.17 Å². The Hall–Kier alpha value is -0.640. The number of hydrogen-bond donors (Lipinski definition) is 2. The van der Waals surface area contributed by atoms with E-state index in [0.717, 1.165) is 0 Å². The molecule has 0 aromatic heterocycles. The van der Waals surface area contributed by atoms with Crippen LogP contribution in [0.25, 0.3) is 0 Å². The van der Waals surface area contributed by atoms with Crippen molar-refractivity contribution in [2.75, 3.05) is 0 Å². The minimum absolute atomic E-state index is 0. The Bertz CT molecular complexity index is 72.1. The Morgan fingerprint density at radius 1 is 1.83 bits per heavy atom. The molecule has 1 unspecified atom stereocenters. The van der Waals surface area contributed by atoms with E-state index in [9.17, 15) is 0 Å². The fourth-order valence-corrected chi connectivity index (χ4v) is 0.267. The quantitative estimate of drug-likeness (QED) is 0.439. The van der Waals surface area contributed by atoms with Gasteiger partial charge in [-0.2, -0.15) is 5.43 Å². The van der Waals surface area contributed by atoms with Gasteiger partial charge in [0.15, 0.2) is 0 Å². The molecule has 4 nitrogen and oxygen atoms in total. The SMILES string of the molecule is CC1N=NNN1.[HH]. The summed E-state index contributed by atoms with van der Waals surface area (Å²) in [7, 11) is 0. The van der Waals surface area contributed by atoms with E-state index in [1.54, 1.807) is 0 Å². The summed E-state index contributed by atoms with van der Waals surface area (Å²) in [6.07, 6.45) is 0.144. The molecule has 0 aliphatic carbocycles. The highest BCUT2D eigenvalue weighted by molar-refractivity contribution is 4.50. The Balaban J connectivity index is 0.000000360. The number of nitrogens with zero attached hydrogens (tertiary/aromatic N) is 2. The second-order valence-corrected chi connectivity index (χ2v) is 1.15. The van der Waals surface area contributed by atoms with Gasteiger partial charge in [0, 0.05) is 1.43 Å². The van der Waals surface area contributed by atoms with E-state index in [4.69, 9.17) is 0 Å². The summed E-state index contributed by atoms with van der Waals surface area (Å²) in [4.78, 5) is 0. The van der Waals surface area contributed by atoms with Gasteiger partial charge in [0.25, 0.3) is 0 Å². The highest BCUT2D eigenvalue weighted by atomic mass is 15.7. The van der Waals surface area contributed by atoms with Crippen LogP contribution in [0.1, 0.15) is 8.35 Å². The molecule has 0 bridgehead atoms. The van der Waals surface area contributed by atoms with Crippen LogP contribution >= 0.6 is 0 Å². The zero-order valence-electron chi connectivity index (χ0n) is 3.47. The van der Waals surface area contributed by atoms with E-state index in [2.05, 4.69) is 21.3 Å². The molecule has 0 radical (unpaired) electrons. The summed E-state index contributed by atoms with van der Waals surface area (Å²) in [6.45, 7) is 1.91. The normalized spacial score (nSPS) is 30.5. The lowest BCUT2D eigenvalue weighted by Gasteiger charge is -1.90. The summed E-state index contributed by atoms with van der Waals surface area (Å²) >= 11 is 0. The van der Waals surface area contributed by atoms with Crippen molar-refractivity contribution in [1.29, 1.82) is 0 Å². The smallest absolute Gasteiger partial charge is 0.138 e. The van der Waals surface area contributed by atoms with Gasteiger partial charge in [-0.05, 0) is 6.92 Å². The molecule has 0 fully saturated rings. The predicted octanol–water partition coefficient (Wildman–Crippen LogP) is 0.0534. The summed E-state index contributed by atoms with van der Waals surface area (Å²) < 4.78 is 0. The van der Waals surface area contributed by atoms with Crippen LogP contribution in [-0.4, -0.2) is 6.17 Å². The summed E-state index contributed by atoms with van der Waals surface area (Å²) in [5.74, 6) is 0. The van der Waals surface area contributed by atoms with Crippen LogP contribution in [0.5, 0.6) is 0 Å². The van der Waals surface area contributed by atoms with Crippen LogP contribution in [0.15, 0.2) is 10.3 Å². The van der Waals surface area contributed by atoms with Crippen molar-refractivity contribution >= 4 is 0 Å². The predicted molar refractivity (Wildman–Crippen MR) is 22.7 cm³/mol. The molecule has 1 atom stereocenters. The maximum Gasteiger partial charge on any atom is 0.138 e. The Kier molecular flexibility index (Phi) is 0.719. The summed E-state index contributed by atoms with van der Waals surface area (Å²) in [5.41, 5.74) is 5.22. The highest BCUT2D eigenvalue weighted by Gasteiger charge is 1.98. The fourth-order valence-electron chi connectivity index (χ4n) is 0.267. The van der Waals surface area contributed by atoms with Gasteiger partial charge in [-0.15, -0.1) is 5.11 Å². The molecule has 1 rings (SSSR count). The summed E-state index contributed by atoms with van der Waals surface area (Å²) in [5, 5.41) is 7.07. The van der Waals surface area contributed by atoms with Gasteiger partial charge < -0.3 is 0 Å². The van der Waals surface area contributed by atoms with E-state index >= 15 is 0 Å². The zero-order chi connectivity index (χ0) is 4.41. The lowest BCUT2D eigenvalue weighted by atomic mass is 10.6. The molecular formula is C2H8N4. The van der Waals surface area contributed by atoms with Gasteiger partial charge in [-0.3, -0.25) is 0 Å². The van der Waals surface area contributed by atoms with Crippen molar-refractivity contribution in [3.63, 3.8) is 0 Å². The molecule has 0 aromatic rings. The van der Waals surface area contributed by atoms with Crippen LogP contribution in [0.4, 0.5) is 0 Å². The van der Waals surface area contributed by atoms with E-state index in [1.165, 1.54) is 0 Å². The number of hydrogen-bond acceptors (Lipinski definition) is 4. The summed E-state index contributed by atoms with van der Waals surface area (Å²) in [6, 6.07) is 0. The van der Waals surface area contributed by atoms with Crippen molar-refractivity contribution in [3.8, 4) is 0 Å². The first-order valence-corrected chi connectivity index (χ1v) is 1.80. The van der Waals surface area contributed by atoms with Gasteiger partial charge in [0.05, 0.1) is 0 Å². The monoisotopic (exact) mass is 88.1 g/mol. The second kappa shape index (κ2) is 1.22. The maximum atomic E-state index is 3.64. The first kappa shape index (κ1) is 3.55. The van der Waals surface area contributed by atoms with Crippen LogP contribution in [0.3, 0.4) is 0 Å². The van der Waals surface area contributed by atoms with Crippen molar-refractivity contribution < 1.29 is 1.43 Å². The fraction of sp³-hybridized carbons (Fsp3) is 1.00. The molecular weight excluding hydrogens is 80.0 g/mol. The van der Waals surface area contributed by atoms with Crippen LogP contribution in [0, 0.1) is 0 Å². The van der Waals surface area contributed by atoms with Gasteiger partial charge in [-0.1, -0.05) is 5.22 Å². The lowest BCUT2D eigenvalue weighted by molar-refractivity contribution is 0.564. The highest BCUT2D eigenvalue weighted by Crippen LogP contribution is 1.85. The third kappa shape index (κ3) is 0.463. The van der Waals surface area contributed by atoms with Gasteiger partial charge >= 0.3 is 0 Å². The molecule has 1 aliphatic rings. The Morgan fingerprint density at radius 3 is 2.83 bits per heavy atom. The van der Waals surface area contributed by atoms with Crippen LogP contribution in [0.2, 0.25) is 0 Å². The number of rotatable bonds is 0. The maximum absolute atomic E-state index is 3.64. The third-order valence-corrected chi connectivity index (χ3v) is 0.554. The Labute approximate surface area is 37.1 Å². The van der Waals surface area contributed by atoms with Crippen molar-refractivity contribution in [2.24, 2.45) is 10.3 Å². The standard InChI is InChI=1S/C2H6N4.H2/c1-2-3-5-6-4-2;/h2H,1H3,(H,3,6)(H,4,5);1H. The topological polar surface area (TPSA) is 48.8 Å². The molecule has 1 aliphatic heterocycles. The lowest BCUT2D eigenvalue weighted by Crippen LogP contribution is -2.27. The second-order valence-electron chi connectivity index (χ2n) is 1.15. The van der Waals surface area contributed by atoms with E-state index in [1.807, 2.05) is 6.92 Å². The molecule has 0 saturated carbocycles. The first-order chi connectivity index (χ1) is 2.89. The largest absolute Gasteiger partial charge is 0.222 e. The molecule has 4 heteroatoms. The van der Waals surface area contributed by atoms with E-state index < -0.39 is 0 Å². The molecule has 6 heavy (non-hydrogen) atoms. The average Bonchev–Trinajstić information content (AvgIpc) is 1.86. The van der Waals surface area contributed by atoms with Gasteiger partial charge in [0.2, 0.25) is 0 Å². The third-order valence-electron chi connectivity index (χ3n) is 0.554. The molecule has 0 aromatic carbocycles. The molecule has 0 amide bonds. The molecule has 2 N–H and O–H groups in total. The van der Waals surface area contributed by atoms with E-state index in [-0.39, 0.29) is 7.59 Å². The number of hydrazine groups is 1. The van der Waals surface area contributed by atoms with Crippen molar-refractivity contribution in [3.05, 3.63) is 0 Å². The minimum Gasteiger partial charge on any atom is -0.222 e. The average molecular weight is 88.1 g/mol. The van der Waals surface area contributed by atoms with Crippen LogP contribution < -0.4 is 11.0 Å². The number of nitrogens with one attached hydrogen (secondary N) is 2. The van der Waals surface area contributed by atoms with Crippen LogP contribution in [-0.2, 0) is 0 Å². The first-order valence-electron chi connectivity index (χ1n) is 1.80. The molecule has 36 valence electrons. The van der Waals surface area contributed by atoms with Crippen molar-refractivity contribution in [2.45, 2.75) is 13.1 Å². The van der Waals surface area contributed by atoms with Crippen molar-refractivity contribution in [1.82, 2.24) is 11.0 Å². The minimum atomic E-state index is 0. The zero-order valence-corrected chi connectivity index (χ0v) is 3.47.